The largest absolute Gasteiger partial charge is 0.294 e. The molecular weight excluding hydrogens is 617 g/mol. The van der Waals surface area contributed by atoms with Crippen LogP contribution >= 0.6 is 0 Å². The topological polar surface area (TPSA) is 6.48 Å². The van der Waals surface area contributed by atoms with E-state index in [1.54, 1.807) is 0 Å². The first kappa shape index (κ1) is 50.4. The van der Waals surface area contributed by atoms with Gasteiger partial charge in [-0.3, -0.25) is 9.80 Å². The highest BCUT2D eigenvalue weighted by molar-refractivity contribution is 4.82. The molecule has 0 heterocycles. The number of unbranched alkanes of at least 4 members (excludes halogenated alkanes) is 32. The quantitative estimate of drug-likeness (QED) is 0.0352. The fraction of sp³-hybridized carbons (Fsp3) is 0.918. The summed E-state index contributed by atoms with van der Waals surface area (Å²) in [5.74, 6) is 0. The Labute approximate surface area is 324 Å². The minimum Gasteiger partial charge on any atom is -0.294 e. The van der Waals surface area contributed by atoms with Crippen LogP contribution in [0.3, 0.4) is 0 Å². The SMILES string of the molecule is CCCCCCCC/C=C\CCCCCCCCCCCCN(CCCCCCCCCCCC/C=C\CCCCCCCC)C(CC)N(C)C. The Balaban J connectivity index is 3.68. The first-order chi connectivity index (χ1) is 25.2. The third kappa shape index (κ3) is 38.9. The molecule has 1 unspecified atom stereocenters. The maximum absolute atomic E-state index is 2.81. The van der Waals surface area contributed by atoms with Crippen LogP contribution in [0.5, 0.6) is 0 Å². The van der Waals surface area contributed by atoms with Crippen LogP contribution in [0.1, 0.15) is 258 Å². The van der Waals surface area contributed by atoms with Crippen molar-refractivity contribution in [2.45, 2.75) is 265 Å². The van der Waals surface area contributed by atoms with Gasteiger partial charge in [0.1, 0.15) is 0 Å². The van der Waals surface area contributed by atoms with Gasteiger partial charge >= 0.3 is 0 Å². The Morgan fingerprint density at radius 1 is 0.314 bits per heavy atom. The monoisotopic (exact) mass is 715 g/mol. The van der Waals surface area contributed by atoms with E-state index in [1.165, 1.54) is 251 Å². The average molecular weight is 715 g/mol. The van der Waals surface area contributed by atoms with Gasteiger partial charge in [-0.25, -0.2) is 0 Å². The molecule has 0 aliphatic rings. The molecule has 0 aromatic heterocycles. The third-order valence-corrected chi connectivity index (χ3v) is 11.3. The van der Waals surface area contributed by atoms with Gasteiger partial charge in [-0.15, -0.1) is 0 Å². The molecule has 0 aliphatic heterocycles. The predicted molar refractivity (Wildman–Crippen MR) is 235 cm³/mol. The molecule has 0 aromatic carbocycles. The lowest BCUT2D eigenvalue weighted by Gasteiger charge is -2.35. The van der Waals surface area contributed by atoms with Crippen LogP contribution < -0.4 is 0 Å². The van der Waals surface area contributed by atoms with Gasteiger partial charge in [-0.05, 0) is 97.8 Å². The second-order valence-corrected chi connectivity index (χ2v) is 16.6. The van der Waals surface area contributed by atoms with Crippen LogP contribution in [0.4, 0.5) is 0 Å². The van der Waals surface area contributed by atoms with Crippen LogP contribution in [0.25, 0.3) is 0 Å². The molecule has 0 aliphatic carbocycles. The molecule has 2 heteroatoms. The Morgan fingerprint density at radius 3 is 0.784 bits per heavy atom. The summed E-state index contributed by atoms with van der Waals surface area (Å²) >= 11 is 0. The van der Waals surface area contributed by atoms with Gasteiger partial charge in [-0.2, -0.15) is 0 Å². The van der Waals surface area contributed by atoms with Crippen LogP contribution in [0, 0.1) is 0 Å². The van der Waals surface area contributed by atoms with Gasteiger partial charge in [0, 0.05) is 0 Å². The number of allylic oxidation sites excluding steroid dienone is 4. The summed E-state index contributed by atoms with van der Waals surface area (Å²) in [6, 6.07) is 0. The van der Waals surface area contributed by atoms with Crippen molar-refractivity contribution in [2.24, 2.45) is 0 Å². The zero-order chi connectivity index (χ0) is 37.1. The molecule has 0 spiro atoms. The molecule has 304 valence electrons. The summed E-state index contributed by atoms with van der Waals surface area (Å²) in [4.78, 5) is 5.27. The molecule has 2 nitrogen and oxygen atoms in total. The third-order valence-electron chi connectivity index (χ3n) is 11.3. The highest BCUT2D eigenvalue weighted by Crippen LogP contribution is 2.17. The first-order valence-corrected chi connectivity index (χ1v) is 23.9. The zero-order valence-corrected chi connectivity index (χ0v) is 36.4. The standard InChI is InChI=1S/C49H98N2/c1-6-9-11-13-15-17-19-21-23-25-27-29-31-33-35-37-39-41-43-45-47-51(49(8-3)50(4)5)48-46-44-42-40-38-36-34-32-30-28-26-24-22-20-18-16-14-12-10-7-2/h21-24,49H,6-20,25-48H2,1-5H3/b23-21-,24-22-. The normalized spacial score (nSPS) is 12.8. The molecule has 0 fully saturated rings. The van der Waals surface area contributed by atoms with Gasteiger partial charge in [0.2, 0.25) is 0 Å². The zero-order valence-electron chi connectivity index (χ0n) is 36.4. The molecule has 0 N–H and O–H groups in total. The second kappa shape index (κ2) is 43.8. The van der Waals surface area contributed by atoms with E-state index < -0.39 is 0 Å². The fourth-order valence-corrected chi connectivity index (χ4v) is 7.90. The fourth-order valence-electron chi connectivity index (χ4n) is 7.90. The van der Waals surface area contributed by atoms with Crippen LogP contribution in [-0.2, 0) is 0 Å². The number of nitrogens with zero attached hydrogens (tertiary/aromatic N) is 2. The van der Waals surface area contributed by atoms with Gasteiger partial charge in [0.05, 0.1) is 6.17 Å². The lowest BCUT2D eigenvalue weighted by Crippen LogP contribution is -2.45. The van der Waals surface area contributed by atoms with Gasteiger partial charge in [0.15, 0.2) is 0 Å². The van der Waals surface area contributed by atoms with Crippen LogP contribution in [0.15, 0.2) is 24.3 Å². The van der Waals surface area contributed by atoms with Crippen molar-refractivity contribution in [3.05, 3.63) is 24.3 Å². The second-order valence-electron chi connectivity index (χ2n) is 16.6. The molecule has 0 radical (unpaired) electrons. The Kier molecular flexibility index (Phi) is 43.3. The van der Waals surface area contributed by atoms with Crippen molar-refractivity contribution < 1.29 is 0 Å². The smallest absolute Gasteiger partial charge is 0.0614 e. The van der Waals surface area contributed by atoms with E-state index in [2.05, 4.69) is 69.0 Å². The maximum atomic E-state index is 2.81. The van der Waals surface area contributed by atoms with E-state index >= 15 is 0 Å². The van der Waals surface area contributed by atoms with Crippen molar-refractivity contribution >= 4 is 0 Å². The van der Waals surface area contributed by atoms with E-state index in [4.69, 9.17) is 0 Å². The average Bonchev–Trinajstić information content (AvgIpc) is 3.13. The maximum Gasteiger partial charge on any atom is 0.0614 e. The van der Waals surface area contributed by atoms with Crippen molar-refractivity contribution in [1.82, 2.24) is 9.80 Å². The molecule has 0 bridgehead atoms. The van der Waals surface area contributed by atoms with E-state index in [-0.39, 0.29) is 0 Å². The Bertz CT molecular complexity index is 632. The Morgan fingerprint density at radius 2 is 0.549 bits per heavy atom. The van der Waals surface area contributed by atoms with Crippen molar-refractivity contribution in [1.29, 1.82) is 0 Å². The predicted octanol–water partition coefficient (Wildman–Crippen LogP) is 16.8. The highest BCUT2D eigenvalue weighted by Gasteiger charge is 2.17. The van der Waals surface area contributed by atoms with E-state index in [1.807, 2.05) is 0 Å². The van der Waals surface area contributed by atoms with Gasteiger partial charge in [0.25, 0.3) is 0 Å². The van der Waals surface area contributed by atoms with Crippen LogP contribution in [-0.4, -0.2) is 43.2 Å². The van der Waals surface area contributed by atoms with Crippen molar-refractivity contribution in [2.75, 3.05) is 27.2 Å². The molecule has 0 saturated heterocycles. The molecule has 1 atom stereocenters. The van der Waals surface area contributed by atoms with Crippen molar-refractivity contribution in [3.63, 3.8) is 0 Å². The molecule has 0 saturated carbocycles. The minimum atomic E-state index is 0.608. The summed E-state index contributed by atoms with van der Waals surface area (Å²) in [6.45, 7) is 9.56. The lowest BCUT2D eigenvalue weighted by molar-refractivity contribution is 0.0718. The Hall–Kier alpha value is -0.600. The van der Waals surface area contributed by atoms with E-state index in [9.17, 15) is 0 Å². The van der Waals surface area contributed by atoms with Crippen molar-refractivity contribution in [3.8, 4) is 0 Å². The first-order valence-electron chi connectivity index (χ1n) is 23.9. The number of hydrogen-bond acceptors (Lipinski definition) is 2. The summed E-state index contributed by atoms with van der Waals surface area (Å²) in [7, 11) is 4.56. The minimum absolute atomic E-state index is 0.608. The summed E-state index contributed by atoms with van der Waals surface area (Å²) in [5.41, 5.74) is 0. The van der Waals surface area contributed by atoms with E-state index in [0.717, 1.165) is 0 Å². The summed E-state index contributed by atoms with van der Waals surface area (Å²) in [5, 5.41) is 0. The number of hydrogen-bond donors (Lipinski definition) is 0. The van der Waals surface area contributed by atoms with Crippen LogP contribution in [0.2, 0.25) is 0 Å². The van der Waals surface area contributed by atoms with E-state index in [0.29, 0.717) is 6.17 Å². The molecule has 51 heavy (non-hydrogen) atoms. The summed E-state index contributed by atoms with van der Waals surface area (Å²) in [6.07, 6.45) is 62.4. The molecule has 0 amide bonds. The molecule has 0 rings (SSSR count). The van der Waals surface area contributed by atoms with Gasteiger partial charge in [-0.1, -0.05) is 212 Å². The molecule has 0 aromatic rings. The summed E-state index contributed by atoms with van der Waals surface area (Å²) < 4.78 is 0. The highest BCUT2D eigenvalue weighted by atomic mass is 15.3. The molecular formula is C49H98N2. The lowest BCUT2D eigenvalue weighted by atomic mass is 10.0. The number of rotatable bonds is 43. The van der Waals surface area contributed by atoms with Gasteiger partial charge < -0.3 is 0 Å².